The fraction of sp³-hybridized carbons (Fsp3) is 0.938. The first kappa shape index (κ1) is 19.0. The average molecular weight is 409 g/mol. The molecule has 2 atom stereocenters. The summed E-state index contributed by atoms with van der Waals surface area (Å²) in [4.78, 5) is 4.36. The third-order valence-electron chi connectivity index (χ3n) is 4.99. The second-order valence-corrected chi connectivity index (χ2v) is 6.64. The van der Waals surface area contributed by atoms with Crippen molar-refractivity contribution in [2.75, 3.05) is 20.2 Å². The molecule has 0 radical (unpaired) electrons. The van der Waals surface area contributed by atoms with Crippen molar-refractivity contribution in [1.82, 2.24) is 10.6 Å². The molecular weight excluding hydrogens is 377 g/mol. The molecule has 2 aliphatic carbocycles. The van der Waals surface area contributed by atoms with Crippen molar-refractivity contribution in [3.63, 3.8) is 0 Å². The van der Waals surface area contributed by atoms with Crippen molar-refractivity contribution in [2.45, 2.75) is 65.0 Å². The van der Waals surface area contributed by atoms with E-state index in [4.69, 9.17) is 4.74 Å². The monoisotopic (exact) mass is 409 g/mol. The maximum atomic E-state index is 5.89. The molecule has 0 aromatic heterocycles. The Labute approximate surface area is 146 Å². The van der Waals surface area contributed by atoms with E-state index in [1.165, 1.54) is 25.7 Å². The van der Waals surface area contributed by atoms with Crippen molar-refractivity contribution in [3.8, 4) is 0 Å². The highest BCUT2D eigenvalue weighted by molar-refractivity contribution is 14.0. The summed E-state index contributed by atoms with van der Waals surface area (Å²) < 4.78 is 5.89. The molecule has 0 saturated heterocycles. The van der Waals surface area contributed by atoms with Gasteiger partial charge in [0.25, 0.3) is 0 Å². The van der Waals surface area contributed by atoms with Crippen LogP contribution in [0, 0.1) is 11.3 Å². The van der Waals surface area contributed by atoms with Crippen LogP contribution in [-0.4, -0.2) is 38.3 Å². The molecule has 2 unspecified atom stereocenters. The lowest BCUT2D eigenvalue weighted by Gasteiger charge is -2.61. The van der Waals surface area contributed by atoms with Crippen molar-refractivity contribution < 1.29 is 4.74 Å². The van der Waals surface area contributed by atoms with Crippen LogP contribution in [0.1, 0.15) is 52.9 Å². The Morgan fingerprint density at radius 2 is 2.10 bits per heavy atom. The number of aliphatic imine (C=N–C) groups is 1. The van der Waals surface area contributed by atoms with Crippen molar-refractivity contribution >= 4 is 29.9 Å². The highest BCUT2D eigenvalue weighted by Crippen LogP contribution is 2.57. The van der Waals surface area contributed by atoms with E-state index < -0.39 is 0 Å². The van der Waals surface area contributed by atoms with Crippen molar-refractivity contribution in [1.29, 1.82) is 0 Å². The number of guanidine groups is 1. The van der Waals surface area contributed by atoms with Crippen LogP contribution in [0.15, 0.2) is 4.99 Å². The molecule has 0 heterocycles. The second-order valence-electron chi connectivity index (χ2n) is 6.64. The summed E-state index contributed by atoms with van der Waals surface area (Å²) in [5, 5.41) is 7.05. The van der Waals surface area contributed by atoms with E-state index >= 15 is 0 Å². The van der Waals surface area contributed by atoms with Gasteiger partial charge in [0.05, 0.1) is 6.10 Å². The van der Waals surface area contributed by atoms with Gasteiger partial charge in [0, 0.05) is 31.7 Å². The summed E-state index contributed by atoms with van der Waals surface area (Å²) in [5.41, 5.74) is 0.395. The Bertz CT molecular complexity index is 342. The minimum atomic E-state index is 0. The summed E-state index contributed by atoms with van der Waals surface area (Å²) in [6, 6.07) is 0.540. The molecule has 1 spiro atoms. The van der Waals surface area contributed by atoms with Gasteiger partial charge in [0.2, 0.25) is 0 Å². The minimum Gasteiger partial charge on any atom is -0.378 e. The van der Waals surface area contributed by atoms with Crippen LogP contribution in [0.3, 0.4) is 0 Å². The van der Waals surface area contributed by atoms with Gasteiger partial charge in [0.1, 0.15) is 0 Å². The number of hydrogen-bond donors (Lipinski definition) is 2. The normalized spacial score (nSPS) is 26.8. The molecule has 0 amide bonds. The zero-order chi connectivity index (χ0) is 14.6. The molecule has 5 heteroatoms. The molecule has 0 aromatic rings. The maximum Gasteiger partial charge on any atom is 0.191 e. The number of nitrogens with zero attached hydrogens (tertiary/aromatic N) is 1. The molecule has 2 aliphatic rings. The van der Waals surface area contributed by atoms with Crippen LogP contribution in [0.4, 0.5) is 0 Å². The zero-order valence-electron chi connectivity index (χ0n) is 13.9. The standard InChI is InChI=1S/C16H31N3O.HI/c1-5-20-14-11-13(16(14)8-6-9-16)19-15(17-4)18-10-7-12(2)3;/h12-14H,5-11H2,1-4H3,(H2,17,18,19);1H. The molecule has 21 heavy (non-hydrogen) atoms. The predicted octanol–water partition coefficient (Wildman–Crippen LogP) is 3.16. The molecule has 2 rings (SSSR count). The molecule has 124 valence electrons. The van der Waals surface area contributed by atoms with Crippen molar-refractivity contribution in [3.05, 3.63) is 0 Å². The molecule has 2 fully saturated rings. The Hall–Kier alpha value is -0.0400. The number of halogens is 1. The quantitative estimate of drug-likeness (QED) is 0.403. The van der Waals surface area contributed by atoms with E-state index in [2.05, 4.69) is 36.4 Å². The number of nitrogens with one attached hydrogen (secondary N) is 2. The van der Waals surface area contributed by atoms with Crippen molar-refractivity contribution in [2.24, 2.45) is 16.3 Å². The summed E-state index contributed by atoms with van der Waals surface area (Å²) >= 11 is 0. The average Bonchev–Trinajstić information content (AvgIpc) is 2.33. The first-order chi connectivity index (χ1) is 9.62. The smallest absolute Gasteiger partial charge is 0.191 e. The van der Waals surface area contributed by atoms with E-state index in [0.29, 0.717) is 17.6 Å². The summed E-state index contributed by atoms with van der Waals surface area (Å²) in [6.07, 6.45) is 6.72. The molecule has 0 bridgehead atoms. The summed E-state index contributed by atoms with van der Waals surface area (Å²) in [6.45, 7) is 8.42. The summed E-state index contributed by atoms with van der Waals surface area (Å²) in [5.74, 6) is 1.68. The van der Waals surface area contributed by atoms with E-state index in [-0.39, 0.29) is 24.0 Å². The summed E-state index contributed by atoms with van der Waals surface area (Å²) in [7, 11) is 1.86. The predicted molar refractivity (Wildman–Crippen MR) is 99.5 cm³/mol. The van der Waals surface area contributed by atoms with Gasteiger partial charge in [-0.25, -0.2) is 0 Å². The third kappa shape index (κ3) is 4.24. The number of rotatable bonds is 6. The molecule has 4 nitrogen and oxygen atoms in total. The van der Waals surface area contributed by atoms with Crippen LogP contribution >= 0.6 is 24.0 Å². The van der Waals surface area contributed by atoms with Crippen LogP contribution in [-0.2, 0) is 4.74 Å². The zero-order valence-corrected chi connectivity index (χ0v) is 16.3. The Morgan fingerprint density at radius 3 is 2.57 bits per heavy atom. The number of hydrogen-bond acceptors (Lipinski definition) is 2. The Kier molecular flexibility index (Phi) is 7.74. The Morgan fingerprint density at radius 1 is 1.38 bits per heavy atom. The minimum absolute atomic E-state index is 0. The second kappa shape index (κ2) is 8.56. The maximum absolute atomic E-state index is 5.89. The fourth-order valence-corrected chi connectivity index (χ4v) is 3.48. The van der Waals surface area contributed by atoms with Gasteiger partial charge in [-0.1, -0.05) is 20.3 Å². The molecule has 0 aromatic carbocycles. The van der Waals surface area contributed by atoms with Gasteiger partial charge >= 0.3 is 0 Å². The van der Waals surface area contributed by atoms with E-state index in [1.807, 2.05) is 7.05 Å². The van der Waals surface area contributed by atoms with Crippen LogP contribution < -0.4 is 10.6 Å². The van der Waals surface area contributed by atoms with Gasteiger partial charge < -0.3 is 15.4 Å². The first-order valence-electron chi connectivity index (χ1n) is 8.21. The Balaban J connectivity index is 0.00000220. The van der Waals surface area contributed by atoms with Gasteiger partial charge in [-0.05, 0) is 38.5 Å². The topological polar surface area (TPSA) is 45.6 Å². The van der Waals surface area contributed by atoms with Gasteiger partial charge in [-0.2, -0.15) is 0 Å². The van der Waals surface area contributed by atoms with E-state index in [1.54, 1.807) is 0 Å². The van der Waals surface area contributed by atoms with Crippen LogP contribution in [0.5, 0.6) is 0 Å². The first-order valence-corrected chi connectivity index (χ1v) is 8.21. The lowest BCUT2D eigenvalue weighted by atomic mass is 9.51. The lowest BCUT2D eigenvalue weighted by molar-refractivity contribution is -0.168. The van der Waals surface area contributed by atoms with Crippen LogP contribution in [0.2, 0.25) is 0 Å². The van der Waals surface area contributed by atoms with E-state index in [0.717, 1.165) is 31.4 Å². The highest BCUT2D eigenvalue weighted by Gasteiger charge is 2.59. The van der Waals surface area contributed by atoms with Crippen LogP contribution in [0.25, 0.3) is 0 Å². The molecule has 2 saturated carbocycles. The third-order valence-corrected chi connectivity index (χ3v) is 4.99. The van der Waals surface area contributed by atoms with Gasteiger partial charge in [0.15, 0.2) is 5.96 Å². The molecular formula is C16H32IN3O. The van der Waals surface area contributed by atoms with Gasteiger partial charge in [-0.3, -0.25) is 4.99 Å². The molecule has 0 aliphatic heterocycles. The lowest BCUT2D eigenvalue weighted by Crippen LogP contribution is -2.68. The number of ether oxygens (including phenoxy) is 1. The largest absolute Gasteiger partial charge is 0.378 e. The van der Waals surface area contributed by atoms with Gasteiger partial charge in [-0.15, -0.1) is 24.0 Å². The molecule has 2 N–H and O–H groups in total. The highest BCUT2D eigenvalue weighted by atomic mass is 127. The SMILES string of the molecule is CCOC1CC(NC(=NC)NCCC(C)C)C12CCC2.I. The fourth-order valence-electron chi connectivity index (χ4n) is 3.48. The van der Waals surface area contributed by atoms with E-state index in [9.17, 15) is 0 Å².